The lowest BCUT2D eigenvalue weighted by atomic mass is 9.89. The maximum atomic E-state index is 5.98. The number of hydrogen-bond acceptors (Lipinski definition) is 3. The Morgan fingerprint density at radius 2 is 0.500 bits per heavy atom. The number of para-hydroxylation sites is 8. The molecule has 11 aromatic carbocycles. The van der Waals surface area contributed by atoms with E-state index >= 15 is 0 Å². The molecule has 394 valence electrons. The van der Waals surface area contributed by atoms with Crippen LogP contribution < -0.4 is 0 Å². The Hall–Kier alpha value is -11.2. The van der Waals surface area contributed by atoms with Crippen LogP contribution in [-0.2, 0) is 0 Å². The lowest BCUT2D eigenvalue weighted by molar-refractivity contribution is 1.02. The van der Waals surface area contributed by atoms with E-state index < -0.39 is 0 Å². The van der Waals surface area contributed by atoms with Crippen molar-refractivity contribution in [3.8, 4) is 67.8 Å². The van der Waals surface area contributed by atoms with Crippen LogP contribution in [0.15, 0.2) is 273 Å². The average molecular weight is 1070 g/mol. The predicted octanol–water partition coefficient (Wildman–Crippen LogP) is 19.5. The van der Waals surface area contributed by atoms with Crippen molar-refractivity contribution in [3.63, 3.8) is 0 Å². The monoisotopic (exact) mass is 1070 g/mol. The van der Waals surface area contributed by atoms with Crippen LogP contribution in [0, 0.1) is 13.8 Å². The van der Waals surface area contributed by atoms with E-state index in [1.54, 1.807) is 0 Å². The first-order chi connectivity index (χ1) is 41.6. The molecule has 6 heterocycles. The third kappa shape index (κ3) is 7.09. The van der Waals surface area contributed by atoms with E-state index in [4.69, 9.17) is 15.0 Å². The molecule has 0 radical (unpaired) electrons. The number of pyridine rings is 1. The highest BCUT2D eigenvalue weighted by molar-refractivity contribution is 6.18. The fraction of sp³-hybridized carbons (Fsp3) is 0.0260. The Labute approximate surface area is 483 Å². The van der Waals surface area contributed by atoms with E-state index in [0.717, 1.165) is 161 Å². The first-order valence-corrected chi connectivity index (χ1v) is 28.7. The molecule has 0 atom stereocenters. The number of nitrogens with zero attached hydrogens (tertiary/aromatic N) is 7. The summed E-state index contributed by atoms with van der Waals surface area (Å²) in [6, 6.07) is 99.3. The van der Waals surface area contributed by atoms with Gasteiger partial charge < -0.3 is 18.3 Å². The smallest absolute Gasteiger partial charge is 0.160 e. The van der Waals surface area contributed by atoms with Gasteiger partial charge in [0.25, 0.3) is 0 Å². The molecule has 0 saturated heterocycles. The van der Waals surface area contributed by atoms with Crippen LogP contribution in [0.5, 0.6) is 0 Å². The average Bonchev–Trinajstić information content (AvgIpc) is 1.60. The first-order valence-electron chi connectivity index (χ1n) is 28.7. The van der Waals surface area contributed by atoms with Gasteiger partial charge in [-0.3, -0.25) is 4.98 Å². The maximum Gasteiger partial charge on any atom is 0.160 e. The second kappa shape index (κ2) is 18.7. The summed E-state index contributed by atoms with van der Waals surface area (Å²) in [5.74, 6) is 0.622. The molecule has 17 aromatic rings. The van der Waals surface area contributed by atoms with Gasteiger partial charge in [0.05, 0.1) is 78.3 Å². The molecule has 0 bridgehead atoms. The zero-order valence-corrected chi connectivity index (χ0v) is 46.1. The highest BCUT2D eigenvalue weighted by atomic mass is 15.1. The molecule has 0 aliphatic rings. The van der Waals surface area contributed by atoms with E-state index in [9.17, 15) is 0 Å². The van der Waals surface area contributed by atoms with Crippen LogP contribution in [0.3, 0.4) is 0 Å². The number of benzene rings is 11. The highest BCUT2D eigenvalue weighted by Gasteiger charge is 2.36. The molecule has 0 saturated carbocycles. The lowest BCUT2D eigenvalue weighted by Gasteiger charge is -2.31. The Kier molecular flexibility index (Phi) is 10.6. The summed E-state index contributed by atoms with van der Waals surface area (Å²) in [5, 5.41) is 9.21. The summed E-state index contributed by atoms with van der Waals surface area (Å²) in [4.78, 5) is 16.6. The fourth-order valence-corrected chi connectivity index (χ4v) is 13.8. The molecular formula is C77H51N7. The van der Waals surface area contributed by atoms with Crippen LogP contribution in [0.2, 0.25) is 0 Å². The summed E-state index contributed by atoms with van der Waals surface area (Å²) in [6.07, 6.45) is 0. The van der Waals surface area contributed by atoms with Crippen molar-refractivity contribution in [1.29, 1.82) is 0 Å². The fourth-order valence-electron chi connectivity index (χ4n) is 13.8. The van der Waals surface area contributed by atoms with Gasteiger partial charge in [-0.15, -0.1) is 0 Å². The minimum atomic E-state index is 0.622. The standard InChI is InChI=1S/C77H51N7/c1-48-45-52(46-49(2)78-48)71-72(62-47-61(50-25-5-3-6-26-50)79-77(80-62)51-27-7-4-8-28-51)74(82-65-39-19-11-31-55(65)56-32-12-20-40-66(56)82)76(84-69-43-23-15-35-59(69)60-36-16-24-44-70(60)84)75(83-67-41-21-13-33-57(67)58-34-14-22-42-68(58)83)73(71)81-63-37-17-9-29-53(63)54-30-10-18-38-64(54)81/h3-47H,1-2H3. The van der Waals surface area contributed by atoms with Crippen molar-refractivity contribution in [2.24, 2.45) is 0 Å². The van der Waals surface area contributed by atoms with Gasteiger partial charge in [0.1, 0.15) is 0 Å². The highest BCUT2D eigenvalue weighted by Crippen LogP contribution is 2.55. The SMILES string of the molecule is Cc1cc(-c2c(-c3cc(-c4ccccc4)nc(-c4ccccc4)n3)c(-n3c4ccccc4c4ccccc43)c(-n3c4ccccc4c4ccccc43)c(-n3c4ccccc4c4ccccc43)c2-n2c3ccccc3c3ccccc32)cc(C)n1. The number of fused-ring (bicyclic) bond motifs is 12. The summed E-state index contributed by atoms with van der Waals surface area (Å²) in [5.41, 5.74) is 20.7. The van der Waals surface area contributed by atoms with Gasteiger partial charge in [0.2, 0.25) is 0 Å². The van der Waals surface area contributed by atoms with Gasteiger partial charge in [-0.05, 0) is 86.1 Å². The third-order valence-corrected chi connectivity index (χ3v) is 17.1. The molecule has 7 heteroatoms. The lowest BCUT2D eigenvalue weighted by Crippen LogP contribution is -2.17. The molecule has 0 aliphatic carbocycles. The minimum absolute atomic E-state index is 0.622. The second-order valence-electron chi connectivity index (χ2n) is 22.0. The Balaban J connectivity index is 1.27. The van der Waals surface area contributed by atoms with Gasteiger partial charge in [-0.25, -0.2) is 9.97 Å². The van der Waals surface area contributed by atoms with E-state index in [-0.39, 0.29) is 0 Å². The van der Waals surface area contributed by atoms with Crippen molar-refractivity contribution in [1.82, 2.24) is 33.2 Å². The zero-order valence-electron chi connectivity index (χ0n) is 46.1. The van der Waals surface area contributed by atoms with Crippen molar-refractivity contribution < 1.29 is 0 Å². The molecule has 17 rings (SSSR count). The quantitative estimate of drug-likeness (QED) is 0.152. The summed E-state index contributed by atoms with van der Waals surface area (Å²) >= 11 is 0. The summed E-state index contributed by atoms with van der Waals surface area (Å²) in [7, 11) is 0. The molecule has 0 spiro atoms. The molecule has 0 N–H and O–H groups in total. The summed E-state index contributed by atoms with van der Waals surface area (Å²) in [6.45, 7) is 4.24. The van der Waals surface area contributed by atoms with Crippen LogP contribution in [0.1, 0.15) is 11.4 Å². The minimum Gasteiger partial charge on any atom is -0.306 e. The molecule has 0 fully saturated rings. The van der Waals surface area contributed by atoms with Gasteiger partial charge in [0.15, 0.2) is 5.82 Å². The van der Waals surface area contributed by atoms with E-state index in [1.807, 2.05) is 0 Å². The third-order valence-electron chi connectivity index (χ3n) is 17.1. The first kappa shape index (κ1) is 47.6. The number of rotatable bonds is 8. The van der Waals surface area contributed by atoms with Crippen LogP contribution in [0.4, 0.5) is 0 Å². The molecule has 0 amide bonds. The Morgan fingerprint density at radius 3 is 0.845 bits per heavy atom. The molecule has 0 aliphatic heterocycles. The van der Waals surface area contributed by atoms with Crippen molar-refractivity contribution in [2.75, 3.05) is 0 Å². The molecule has 0 unspecified atom stereocenters. The summed E-state index contributed by atoms with van der Waals surface area (Å²) < 4.78 is 10.3. The van der Waals surface area contributed by atoms with E-state index in [1.165, 1.54) is 0 Å². The number of aryl methyl sites for hydroxylation is 2. The van der Waals surface area contributed by atoms with Gasteiger partial charge in [-0.2, -0.15) is 0 Å². The Bertz CT molecular complexity index is 5230. The molecular weight excluding hydrogens is 1020 g/mol. The normalized spacial score (nSPS) is 11.9. The predicted molar refractivity (Wildman–Crippen MR) is 348 cm³/mol. The van der Waals surface area contributed by atoms with E-state index in [0.29, 0.717) is 5.82 Å². The maximum absolute atomic E-state index is 5.98. The van der Waals surface area contributed by atoms with Crippen LogP contribution in [-0.4, -0.2) is 33.2 Å². The topological polar surface area (TPSA) is 58.4 Å². The Morgan fingerprint density at radius 1 is 0.226 bits per heavy atom. The molecule has 84 heavy (non-hydrogen) atoms. The van der Waals surface area contributed by atoms with Crippen LogP contribution >= 0.6 is 0 Å². The largest absolute Gasteiger partial charge is 0.306 e. The van der Waals surface area contributed by atoms with Gasteiger partial charge in [0, 0.05) is 76.7 Å². The number of hydrogen-bond donors (Lipinski definition) is 0. The van der Waals surface area contributed by atoms with Gasteiger partial charge in [-0.1, -0.05) is 206 Å². The van der Waals surface area contributed by atoms with Crippen molar-refractivity contribution >= 4 is 87.2 Å². The zero-order chi connectivity index (χ0) is 55.6. The van der Waals surface area contributed by atoms with Crippen LogP contribution in [0.25, 0.3) is 155 Å². The molecule has 6 aromatic heterocycles. The number of aromatic nitrogens is 7. The van der Waals surface area contributed by atoms with Crippen molar-refractivity contribution in [3.05, 3.63) is 284 Å². The van der Waals surface area contributed by atoms with Gasteiger partial charge >= 0.3 is 0 Å². The molecule has 7 nitrogen and oxygen atoms in total. The van der Waals surface area contributed by atoms with Crippen molar-refractivity contribution in [2.45, 2.75) is 13.8 Å². The second-order valence-corrected chi connectivity index (χ2v) is 22.0. The van der Waals surface area contributed by atoms with E-state index in [2.05, 4.69) is 305 Å².